The molecule has 1 unspecified atom stereocenters. The van der Waals surface area contributed by atoms with Crippen molar-refractivity contribution in [3.8, 4) is 5.69 Å². The van der Waals surface area contributed by atoms with Crippen LogP contribution in [0.4, 0.5) is 0 Å². The van der Waals surface area contributed by atoms with E-state index in [2.05, 4.69) is 5.10 Å². The lowest BCUT2D eigenvalue weighted by molar-refractivity contribution is -0.131. The molecule has 110 valence electrons. The number of benzene rings is 1. The second-order valence-electron chi connectivity index (χ2n) is 5.30. The van der Waals surface area contributed by atoms with E-state index in [0.717, 1.165) is 37.2 Å². The number of carbonyl (C=O) groups is 1. The average molecular weight is 304 g/mol. The van der Waals surface area contributed by atoms with Crippen LogP contribution in [0.5, 0.6) is 0 Å². The largest absolute Gasteiger partial charge is 0.341 e. The number of alkyl halides is 1. The highest BCUT2D eigenvalue weighted by molar-refractivity contribution is 6.30. The van der Waals surface area contributed by atoms with E-state index in [-0.39, 0.29) is 5.91 Å². The van der Waals surface area contributed by atoms with Crippen LogP contribution in [0, 0.1) is 0 Å². The number of hydrogen-bond donors (Lipinski definition) is 0. The number of halogens is 1. The summed E-state index contributed by atoms with van der Waals surface area (Å²) in [5.74, 6) is -0.0102. The number of rotatable bonds is 3. The molecule has 2 heterocycles. The van der Waals surface area contributed by atoms with Gasteiger partial charge >= 0.3 is 0 Å². The number of para-hydroxylation sites is 1. The fourth-order valence-corrected chi connectivity index (χ4v) is 2.86. The van der Waals surface area contributed by atoms with Gasteiger partial charge in [0.15, 0.2) is 0 Å². The lowest BCUT2D eigenvalue weighted by Gasteiger charge is -2.28. The second kappa shape index (κ2) is 6.31. The molecule has 0 bridgehead atoms. The van der Waals surface area contributed by atoms with Crippen molar-refractivity contribution >= 4 is 17.5 Å². The van der Waals surface area contributed by atoms with Gasteiger partial charge < -0.3 is 4.90 Å². The molecule has 1 aliphatic heterocycles. The maximum absolute atomic E-state index is 12.4. The first-order valence-corrected chi connectivity index (χ1v) is 7.72. The Morgan fingerprint density at radius 1 is 1.14 bits per heavy atom. The smallest absolute Gasteiger partial charge is 0.245 e. The predicted octanol–water partition coefficient (Wildman–Crippen LogP) is 3.16. The molecule has 1 atom stereocenters. The quantitative estimate of drug-likeness (QED) is 0.817. The van der Waals surface area contributed by atoms with Crippen LogP contribution in [0.2, 0.25) is 0 Å². The lowest BCUT2D eigenvalue weighted by atomic mass is 10.1. The fourth-order valence-electron chi connectivity index (χ4n) is 2.61. The Kier molecular flexibility index (Phi) is 4.25. The summed E-state index contributed by atoms with van der Waals surface area (Å²) in [6.07, 6.45) is 6.83. The molecular formula is C16H18ClN3O. The van der Waals surface area contributed by atoms with E-state index in [1.165, 1.54) is 6.42 Å². The Hall–Kier alpha value is -1.81. The molecular weight excluding hydrogens is 286 g/mol. The molecule has 1 aromatic heterocycles. The second-order valence-corrected chi connectivity index (χ2v) is 5.74. The number of amides is 1. The van der Waals surface area contributed by atoms with E-state index in [4.69, 9.17) is 11.6 Å². The zero-order chi connectivity index (χ0) is 14.7. The van der Waals surface area contributed by atoms with Crippen LogP contribution in [-0.2, 0) is 4.79 Å². The van der Waals surface area contributed by atoms with Gasteiger partial charge in [0.1, 0.15) is 5.38 Å². The lowest BCUT2D eigenvalue weighted by Crippen LogP contribution is -2.37. The van der Waals surface area contributed by atoms with Crippen molar-refractivity contribution in [1.82, 2.24) is 14.7 Å². The van der Waals surface area contributed by atoms with Crippen LogP contribution >= 0.6 is 11.6 Å². The Morgan fingerprint density at radius 2 is 1.86 bits per heavy atom. The van der Waals surface area contributed by atoms with Crippen molar-refractivity contribution in [3.63, 3.8) is 0 Å². The van der Waals surface area contributed by atoms with Crippen molar-refractivity contribution in [2.75, 3.05) is 13.1 Å². The molecule has 2 aromatic rings. The molecule has 0 aliphatic carbocycles. The van der Waals surface area contributed by atoms with Gasteiger partial charge in [-0.05, 0) is 31.4 Å². The first-order chi connectivity index (χ1) is 10.3. The number of carbonyl (C=O) groups excluding carboxylic acids is 1. The third-order valence-electron chi connectivity index (χ3n) is 3.80. The van der Waals surface area contributed by atoms with Gasteiger partial charge in [-0.1, -0.05) is 18.2 Å². The molecule has 1 amide bonds. The van der Waals surface area contributed by atoms with Gasteiger partial charge in [-0.25, -0.2) is 4.68 Å². The maximum atomic E-state index is 12.4. The maximum Gasteiger partial charge on any atom is 0.245 e. The Morgan fingerprint density at radius 3 is 2.57 bits per heavy atom. The van der Waals surface area contributed by atoms with Crippen LogP contribution < -0.4 is 0 Å². The monoisotopic (exact) mass is 303 g/mol. The van der Waals surface area contributed by atoms with Crippen molar-refractivity contribution in [2.45, 2.75) is 24.6 Å². The molecule has 1 fully saturated rings. The third-order valence-corrected chi connectivity index (χ3v) is 4.24. The topological polar surface area (TPSA) is 38.1 Å². The summed E-state index contributed by atoms with van der Waals surface area (Å²) in [4.78, 5) is 14.3. The van der Waals surface area contributed by atoms with Crippen molar-refractivity contribution in [3.05, 3.63) is 48.3 Å². The summed E-state index contributed by atoms with van der Waals surface area (Å²) in [6, 6.07) is 9.79. The van der Waals surface area contributed by atoms with E-state index in [1.807, 2.05) is 41.4 Å². The van der Waals surface area contributed by atoms with Gasteiger partial charge in [-0.3, -0.25) is 4.79 Å². The van der Waals surface area contributed by atoms with E-state index in [1.54, 1.807) is 10.9 Å². The average Bonchev–Trinajstić information content (AvgIpc) is 3.05. The summed E-state index contributed by atoms with van der Waals surface area (Å²) >= 11 is 6.35. The zero-order valence-corrected chi connectivity index (χ0v) is 12.5. The van der Waals surface area contributed by atoms with Gasteiger partial charge in [0.05, 0.1) is 11.9 Å². The minimum atomic E-state index is -0.652. The normalized spacial score (nSPS) is 16.7. The predicted molar refractivity (Wildman–Crippen MR) is 82.6 cm³/mol. The summed E-state index contributed by atoms with van der Waals surface area (Å²) in [5.41, 5.74) is 1.70. The number of piperidine rings is 1. The van der Waals surface area contributed by atoms with Gasteiger partial charge in [0, 0.05) is 24.8 Å². The van der Waals surface area contributed by atoms with E-state index in [0.29, 0.717) is 0 Å². The Bertz CT molecular complexity index is 605. The Labute approximate surface area is 129 Å². The summed E-state index contributed by atoms with van der Waals surface area (Å²) < 4.78 is 1.74. The molecule has 0 spiro atoms. The summed E-state index contributed by atoms with van der Waals surface area (Å²) in [7, 11) is 0. The Balaban J connectivity index is 1.74. The van der Waals surface area contributed by atoms with Crippen LogP contribution in [0.3, 0.4) is 0 Å². The highest BCUT2D eigenvalue weighted by Gasteiger charge is 2.26. The minimum Gasteiger partial charge on any atom is -0.341 e. The molecule has 0 saturated carbocycles. The van der Waals surface area contributed by atoms with E-state index >= 15 is 0 Å². The molecule has 1 aromatic carbocycles. The van der Waals surface area contributed by atoms with E-state index in [9.17, 15) is 4.79 Å². The van der Waals surface area contributed by atoms with Crippen LogP contribution in [0.1, 0.15) is 30.2 Å². The fraction of sp³-hybridized carbons (Fsp3) is 0.375. The summed E-state index contributed by atoms with van der Waals surface area (Å²) in [6.45, 7) is 1.63. The van der Waals surface area contributed by atoms with Crippen LogP contribution in [0.15, 0.2) is 42.7 Å². The van der Waals surface area contributed by atoms with Gasteiger partial charge in [0.2, 0.25) is 5.91 Å². The molecule has 5 heteroatoms. The highest BCUT2D eigenvalue weighted by atomic mass is 35.5. The molecule has 4 nitrogen and oxygen atoms in total. The van der Waals surface area contributed by atoms with Crippen LogP contribution in [0.25, 0.3) is 5.69 Å². The first-order valence-electron chi connectivity index (χ1n) is 7.28. The molecule has 1 aliphatic rings. The van der Waals surface area contributed by atoms with Crippen molar-refractivity contribution in [2.24, 2.45) is 0 Å². The highest BCUT2D eigenvalue weighted by Crippen LogP contribution is 2.25. The number of nitrogens with zero attached hydrogens (tertiary/aromatic N) is 3. The number of hydrogen-bond acceptors (Lipinski definition) is 2. The standard InChI is InChI=1S/C16H18ClN3O/c17-15(16(21)19-9-5-2-6-10-19)13-11-18-20(12-13)14-7-3-1-4-8-14/h1,3-4,7-8,11-12,15H,2,5-6,9-10H2. The van der Waals surface area contributed by atoms with Gasteiger partial charge in [0.25, 0.3) is 0 Å². The number of aromatic nitrogens is 2. The van der Waals surface area contributed by atoms with Crippen LogP contribution in [-0.4, -0.2) is 33.7 Å². The van der Waals surface area contributed by atoms with E-state index < -0.39 is 5.38 Å². The van der Waals surface area contributed by atoms with Gasteiger partial charge in [-0.2, -0.15) is 5.10 Å². The molecule has 1 saturated heterocycles. The van der Waals surface area contributed by atoms with Crippen molar-refractivity contribution < 1.29 is 4.79 Å². The summed E-state index contributed by atoms with van der Waals surface area (Å²) in [5, 5.41) is 3.64. The molecule has 0 radical (unpaired) electrons. The molecule has 0 N–H and O–H groups in total. The number of likely N-dealkylation sites (tertiary alicyclic amines) is 1. The molecule has 3 rings (SSSR count). The van der Waals surface area contributed by atoms with Crippen molar-refractivity contribution in [1.29, 1.82) is 0 Å². The molecule has 21 heavy (non-hydrogen) atoms. The van der Waals surface area contributed by atoms with Gasteiger partial charge in [-0.15, -0.1) is 11.6 Å². The first kappa shape index (κ1) is 14.1. The SMILES string of the molecule is O=C(C(Cl)c1cnn(-c2ccccc2)c1)N1CCCCC1. The third kappa shape index (κ3) is 3.10. The minimum absolute atomic E-state index is 0.0102. The zero-order valence-electron chi connectivity index (χ0n) is 11.8.